The molecule has 0 fully saturated rings. The quantitative estimate of drug-likeness (QED) is 0.892. The second-order valence-electron chi connectivity index (χ2n) is 4.57. The van der Waals surface area contributed by atoms with Gasteiger partial charge in [0, 0.05) is 11.8 Å². The second kappa shape index (κ2) is 6.14. The molecule has 2 N–H and O–H groups in total. The highest BCUT2D eigenvalue weighted by Crippen LogP contribution is 2.15. The number of H-pyrrole nitrogens is 1. The van der Waals surface area contributed by atoms with Gasteiger partial charge in [0.2, 0.25) is 5.56 Å². The van der Waals surface area contributed by atoms with Crippen LogP contribution >= 0.6 is 0 Å². The predicted octanol–water partition coefficient (Wildman–Crippen LogP) is 1.96. The summed E-state index contributed by atoms with van der Waals surface area (Å²) in [6.45, 7) is 3.88. The van der Waals surface area contributed by atoms with Crippen LogP contribution in [-0.2, 0) is 0 Å². The topological polar surface area (TPSA) is 74.8 Å². The van der Waals surface area contributed by atoms with Gasteiger partial charge in [-0.25, -0.2) is 0 Å². The van der Waals surface area contributed by atoms with Crippen LogP contribution in [0.4, 0.5) is 0 Å². The lowest BCUT2D eigenvalue weighted by Gasteiger charge is -2.16. The van der Waals surface area contributed by atoms with E-state index in [1.54, 1.807) is 12.1 Å². The summed E-state index contributed by atoms with van der Waals surface area (Å²) in [5, 5.41) is 2.88. The van der Waals surface area contributed by atoms with Gasteiger partial charge in [0.15, 0.2) is 0 Å². The van der Waals surface area contributed by atoms with Gasteiger partial charge in [-0.3, -0.25) is 14.6 Å². The minimum atomic E-state index is -0.308. The van der Waals surface area contributed by atoms with Gasteiger partial charge in [-0.1, -0.05) is 19.1 Å². The van der Waals surface area contributed by atoms with Crippen molar-refractivity contribution in [1.29, 1.82) is 0 Å². The van der Waals surface area contributed by atoms with Crippen LogP contribution < -0.4 is 10.9 Å². The number of carbonyl (C=O) groups excluding carboxylic acids is 1. The first-order valence-corrected chi connectivity index (χ1v) is 6.54. The van der Waals surface area contributed by atoms with E-state index >= 15 is 0 Å². The van der Waals surface area contributed by atoms with Crippen LogP contribution in [0.25, 0.3) is 0 Å². The Morgan fingerprint density at radius 3 is 2.70 bits per heavy atom. The van der Waals surface area contributed by atoms with Crippen molar-refractivity contribution in [2.45, 2.75) is 26.3 Å². The Balaban J connectivity index is 2.18. The van der Waals surface area contributed by atoms with E-state index in [0.29, 0.717) is 0 Å². The molecule has 0 saturated carbocycles. The Hall–Kier alpha value is -2.43. The third-order valence-corrected chi connectivity index (χ3v) is 2.99. The lowest BCUT2D eigenvalue weighted by Crippen LogP contribution is -2.30. The van der Waals surface area contributed by atoms with E-state index in [1.165, 1.54) is 6.07 Å². The third-order valence-electron chi connectivity index (χ3n) is 2.99. The molecule has 2 aromatic rings. The number of hydrogen-bond acceptors (Lipinski definition) is 3. The zero-order chi connectivity index (χ0) is 14.5. The van der Waals surface area contributed by atoms with Crippen molar-refractivity contribution < 1.29 is 4.79 Å². The zero-order valence-corrected chi connectivity index (χ0v) is 11.5. The fourth-order valence-corrected chi connectivity index (χ4v) is 1.96. The molecule has 0 aliphatic heterocycles. The van der Waals surface area contributed by atoms with Gasteiger partial charge in [0.05, 0.1) is 11.7 Å². The van der Waals surface area contributed by atoms with Gasteiger partial charge in [-0.2, -0.15) is 0 Å². The van der Waals surface area contributed by atoms with E-state index in [1.807, 2.05) is 32.0 Å². The lowest BCUT2D eigenvalue weighted by atomic mass is 10.1. The summed E-state index contributed by atoms with van der Waals surface area (Å²) in [6, 6.07) is 10.0. The van der Waals surface area contributed by atoms with E-state index in [4.69, 9.17) is 0 Å². The largest absolute Gasteiger partial charge is 0.342 e. The Labute approximate surface area is 117 Å². The highest BCUT2D eigenvalue weighted by atomic mass is 16.2. The molecule has 1 atom stereocenters. The van der Waals surface area contributed by atoms with E-state index in [9.17, 15) is 9.59 Å². The van der Waals surface area contributed by atoms with Gasteiger partial charge >= 0.3 is 0 Å². The van der Waals surface area contributed by atoms with Gasteiger partial charge in [0.25, 0.3) is 5.91 Å². The SMILES string of the molecule is CCC(NC(=O)c1cccc(=O)[nH]1)c1cccc(C)n1. The summed E-state index contributed by atoms with van der Waals surface area (Å²) in [4.78, 5) is 30.3. The lowest BCUT2D eigenvalue weighted by molar-refractivity contribution is 0.0929. The Morgan fingerprint density at radius 1 is 1.30 bits per heavy atom. The molecule has 5 nitrogen and oxygen atoms in total. The number of amides is 1. The standard InChI is InChI=1S/C15H17N3O2/c1-3-11(12-7-4-6-10(2)16-12)18-15(20)13-8-5-9-14(19)17-13/h4-9,11H,3H2,1-2H3,(H,17,19)(H,18,20). The molecule has 20 heavy (non-hydrogen) atoms. The number of aromatic amines is 1. The van der Waals surface area contributed by atoms with Gasteiger partial charge in [-0.15, -0.1) is 0 Å². The number of nitrogens with zero attached hydrogens (tertiary/aromatic N) is 1. The van der Waals surface area contributed by atoms with Crippen molar-refractivity contribution in [3.8, 4) is 0 Å². The molecule has 0 spiro atoms. The smallest absolute Gasteiger partial charge is 0.268 e. The summed E-state index contributed by atoms with van der Waals surface area (Å²) in [5.74, 6) is -0.308. The molecule has 2 aromatic heterocycles. The molecule has 1 unspecified atom stereocenters. The molecule has 0 aliphatic rings. The van der Waals surface area contributed by atoms with E-state index in [-0.39, 0.29) is 23.2 Å². The predicted molar refractivity (Wildman–Crippen MR) is 76.5 cm³/mol. The highest BCUT2D eigenvalue weighted by molar-refractivity contribution is 5.92. The van der Waals surface area contributed by atoms with E-state index in [0.717, 1.165) is 17.8 Å². The van der Waals surface area contributed by atoms with Crippen LogP contribution in [0.2, 0.25) is 0 Å². The Morgan fingerprint density at radius 2 is 2.05 bits per heavy atom. The summed E-state index contributed by atoms with van der Waals surface area (Å²) in [5.41, 5.74) is 1.69. The van der Waals surface area contributed by atoms with Crippen LogP contribution in [-0.4, -0.2) is 15.9 Å². The highest BCUT2D eigenvalue weighted by Gasteiger charge is 2.15. The molecular weight excluding hydrogens is 254 g/mol. The van der Waals surface area contributed by atoms with Gasteiger partial charge in [-0.05, 0) is 31.5 Å². The minimum Gasteiger partial charge on any atom is -0.342 e. The first-order chi connectivity index (χ1) is 9.60. The summed E-state index contributed by atoms with van der Waals surface area (Å²) < 4.78 is 0. The van der Waals surface area contributed by atoms with E-state index in [2.05, 4.69) is 15.3 Å². The van der Waals surface area contributed by atoms with Crippen LogP contribution in [0, 0.1) is 6.92 Å². The molecular formula is C15H17N3O2. The zero-order valence-electron chi connectivity index (χ0n) is 11.5. The second-order valence-corrected chi connectivity index (χ2v) is 4.57. The van der Waals surface area contributed by atoms with Crippen molar-refractivity contribution in [3.05, 3.63) is 63.8 Å². The number of nitrogens with one attached hydrogen (secondary N) is 2. The first kappa shape index (κ1) is 14.0. The number of carbonyl (C=O) groups is 1. The summed E-state index contributed by atoms with van der Waals surface area (Å²) in [6.07, 6.45) is 0.721. The van der Waals surface area contributed by atoms with Crippen molar-refractivity contribution >= 4 is 5.91 Å². The third kappa shape index (κ3) is 3.32. The summed E-state index contributed by atoms with van der Waals surface area (Å²) >= 11 is 0. The van der Waals surface area contributed by atoms with Crippen molar-refractivity contribution in [2.24, 2.45) is 0 Å². The van der Waals surface area contributed by atoms with Crippen molar-refractivity contribution in [3.63, 3.8) is 0 Å². The number of pyridine rings is 2. The van der Waals surface area contributed by atoms with Gasteiger partial charge < -0.3 is 10.3 Å². The normalized spacial score (nSPS) is 11.9. The van der Waals surface area contributed by atoms with Crippen molar-refractivity contribution in [1.82, 2.24) is 15.3 Å². The molecule has 0 aliphatic carbocycles. The van der Waals surface area contributed by atoms with Crippen molar-refractivity contribution in [2.75, 3.05) is 0 Å². The maximum absolute atomic E-state index is 12.1. The van der Waals surface area contributed by atoms with Gasteiger partial charge in [0.1, 0.15) is 5.69 Å². The Kier molecular flexibility index (Phi) is 4.30. The molecule has 2 heterocycles. The molecule has 2 rings (SSSR count). The van der Waals surface area contributed by atoms with E-state index < -0.39 is 0 Å². The fourth-order valence-electron chi connectivity index (χ4n) is 1.96. The number of aromatic nitrogens is 2. The minimum absolute atomic E-state index is 0.175. The van der Waals surface area contributed by atoms with Crippen LogP contribution in [0.1, 0.15) is 41.3 Å². The molecule has 0 bridgehead atoms. The molecule has 5 heteroatoms. The maximum atomic E-state index is 12.1. The van der Waals surface area contributed by atoms with Crippen LogP contribution in [0.3, 0.4) is 0 Å². The monoisotopic (exact) mass is 271 g/mol. The molecule has 0 aromatic carbocycles. The fraction of sp³-hybridized carbons (Fsp3) is 0.267. The molecule has 104 valence electrons. The average molecular weight is 271 g/mol. The average Bonchev–Trinajstić information content (AvgIpc) is 2.44. The number of hydrogen-bond donors (Lipinski definition) is 2. The van der Waals surface area contributed by atoms with Crippen LogP contribution in [0.5, 0.6) is 0 Å². The maximum Gasteiger partial charge on any atom is 0.268 e. The Bertz CT molecular complexity index is 664. The molecule has 0 radical (unpaired) electrons. The van der Waals surface area contributed by atoms with Crippen LogP contribution in [0.15, 0.2) is 41.2 Å². The first-order valence-electron chi connectivity index (χ1n) is 6.54. The number of rotatable bonds is 4. The number of aryl methyl sites for hydroxylation is 1. The molecule has 0 saturated heterocycles. The molecule has 1 amide bonds. The summed E-state index contributed by atoms with van der Waals surface area (Å²) in [7, 11) is 0.